The fraction of sp³-hybridized carbons (Fsp3) is 0.308. The van der Waals surface area contributed by atoms with E-state index in [4.69, 9.17) is 11.5 Å². The molecule has 1 rings (SSSR count). The molecule has 1 unspecified atom stereocenters. The van der Waals surface area contributed by atoms with Gasteiger partial charge < -0.3 is 5.11 Å². The number of benzene rings is 1. The van der Waals surface area contributed by atoms with E-state index in [1.54, 1.807) is 0 Å². The summed E-state index contributed by atoms with van der Waals surface area (Å²) in [6, 6.07) is 7.55. The van der Waals surface area contributed by atoms with Gasteiger partial charge in [0.2, 0.25) is 0 Å². The second-order valence-electron chi connectivity index (χ2n) is 3.55. The Morgan fingerprint density at radius 2 is 2.33 bits per heavy atom. The standard InChI is InChI=1S/C13H14O2/c1-3-4-8-12(13(14)15)11-7-5-6-10(2)9-11/h1,5-7,9,12H,4,8H2,2H3,(H,14,15). The molecular weight excluding hydrogens is 188 g/mol. The van der Waals surface area contributed by atoms with Gasteiger partial charge in [0, 0.05) is 6.42 Å². The normalized spacial score (nSPS) is 11.7. The number of hydrogen-bond donors (Lipinski definition) is 1. The van der Waals surface area contributed by atoms with Crippen LogP contribution < -0.4 is 0 Å². The van der Waals surface area contributed by atoms with Crippen LogP contribution in [0.2, 0.25) is 0 Å². The molecule has 0 fully saturated rings. The smallest absolute Gasteiger partial charge is 0.311 e. The van der Waals surface area contributed by atoms with Crippen molar-refractivity contribution >= 4 is 5.97 Å². The van der Waals surface area contributed by atoms with Crippen molar-refractivity contribution in [2.75, 3.05) is 0 Å². The third kappa shape index (κ3) is 3.14. The molecule has 1 aromatic rings. The van der Waals surface area contributed by atoms with Crippen LogP contribution in [0, 0.1) is 19.3 Å². The van der Waals surface area contributed by atoms with E-state index in [9.17, 15) is 4.79 Å². The lowest BCUT2D eigenvalue weighted by Crippen LogP contribution is -2.11. The maximum atomic E-state index is 11.0. The Hall–Kier alpha value is -1.75. The Bertz CT molecular complexity index is 388. The number of aliphatic carboxylic acids is 1. The van der Waals surface area contributed by atoms with Crippen molar-refractivity contribution in [3.05, 3.63) is 35.4 Å². The second-order valence-corrected chi connectivity index (χ2v) is 3.55. The Morgan fingerprint density at radius 3 is 2.87 bits per heavy atom. The minimum absolute atomic E-state index is 0.485. The number of carboxylic acid groups (broad SMARTS) is 1. The van der Waals surface area contributed by atoms with E-state index in [-0.39, 0.29) is 0 Å². The molecular formula is C13H14O2. The van der Waals surface area contributed by atoms with Crippen LogP contribution in [0.3, 0.4) is 0 Å². The summed E-state index contributed by atoms with van der Waals surface area (Å²) < 4.78 is 0. The van der Waals surface area contributed by atoms with E-state index in [2.05, 4.69) is 5.92 Å². The molecule has 0 aliphatic carbocycles. The molecule has 0 heterocycles. The third-order valence-corrected chi connectivity index (χ3v) is 2.32. The summed E-state index contributed by atoms with van der Waals surface area (Å²) in [7, 11) is 0. The van der Waals surface area contributed by atoms with Gasteiger partial charge in [-0.15, -0.1) is 12.3 Å². The van der Waals surface area contributed by atoms with Gasteiger partial charge in [0.15, 0.2) is 0 Å². The molecule has 1 N–H and O–H groups in total. The molecule has 1 aromatic carbocycles. The lowest BCUT2D eigenvalue weighted by Gasteiger charge is -2.11. The SMILES string of the molecule is C#CCCC(C(=O)O)c1cccc(C)c1. The van der Waals surface area contributed by atoms with Crippen LogP contribution in [0.4, 0.5) is 0 Å². The molecule has 0 amide bonds. The van der Waals surface area contributed by atoms with Gasteiger partial charge in [-0.2, -0.15) is 0 Å². The van der Waals surface area contributed by atoms with E-state index in [0.29, 0.717) is 12.8 Å². The molecule has 78 valence electrons. The maximum Gasteiger partial charge on any atom is 0.311 e. The van der Waals surface area contributed by atoms with Crippen LogP contribution in [0.15, 0.2) is 24.3 Å². The minimum atomic E-state index is -0.809. The summed E-state index contributed by atoms with van der Waals surface area (Å²) in [6.07, 6.45) is 6.13. The molecule has 0 aliphatic rings. The molecule has 2 nitrogen and oxygen atoms in total. The number of aryl methyl sites for hydroxylation is 1. The molecule has 15 heavy (non-hydrogen) atoms. The molecule has 0 saturated heterocycles. The summed E-state index contributed by atoms with van der Waals surface area (Å²) in [5.74, 6) is 1.18. The first-order valence-electron chi connectivity index (χ1n) is 4.88. The van der Waals surface area contributed by atoms with Crippen LogP contribution in [-0.2, 0) is 4.79 Å². The Morgan fingerprint density at radius 1 is 1.60 bits per heavy atom. The predicted octanol–water partition coefficient (Wildman–Crippen LogP) is 2.58. The van der Waals surface area contributed by atoms with Crippen LogP contribution in [0.5, 0.6) is 0 Å². The fourth-order valence-corrected chi connectivity index (χ4v) is 1.55. The lowest BCUT2D eigenvalue weighted by atomic mass is 9.93. The van der Waals surface area contributed by atoms with E-state index < -0.39 is 11.9 Å². The van der Waals surface area contributed by atoms with E-state index >= 15 is 0 Å². The van der Waals surface area contributed by atoms with Crippen molar-refractivity contribution < 1.29 is 9.90 Å². The highest BCUT2D eigenvalue weighted by Crippen LogP contribution is 2.22. The topological polar surface area (TPSA) is 37.3 Å². The van der Waals surface area contributed by atoms with Crippen molar-refractivity contribution in [2.45, 2.75) is 25.7 Å². The summed E-state index contributed by atoms with van der Waals surface area (Å²) in [6.45, 7) is 1.95. The van der Waals surface area contributed by atoms with Gasteiger partial charge in [-0.3, -0.25) is 4.79 Å². The molecule has 0 aliphatic heterocycles. The van der Waals surface area contributed by atoms with Crippen molar-refractivity contribution in [2.24, 2.45) is 0 Å². The lowest BCUT2D eigenvalue weighted by molar-refractivity contribution is -0.138. The summed E-state index contributed by atoms with van der Waals surface area (Å²) in [5.41, 5.74) is 1.90. The van der Waals surface area contributed by atoms with Crippen LogP contribution in [-0.4, -0.2) is 11.1 Å². The molecule has 2 heteroatoms. The van der Waals surface area contributed by atoms with E-state index in [0.717, 1.165) is 11.1 Å². The number of terminal acetylenes is 1. The number of hydrogen-bond acceptors (Lipinski definition) is 1. The molecule has 0 saturated carbocycles. The average molecular weight is 202 g/mol. The average Bonchev–Trinajstić information content (AvgIpc) is 2.18. The fourth-order valence-electron chi connectivity index (χ4n) is 1.55. The van der Waals surface area contributed by atoms with Crippen LogP contribution in [0.25, 0.3) is 0 Å². The molecule has 0 aromatic heterocycles. The van der Waals surface area contributed by atoms with Crippen molar-refractivity contribution in [1.82, 2.24) is 0 Å². The highest BCUT2D eigenvalue weighted by atomic mass is 16.4. The van der Waals surface area contributed by atoms with Gasteiger partial charge in [0.25, 0.3) is 0 Å². The number of carboxylic acids is 1. The summed E-state index contributed by atoms with van der Waals surface area (Å²) >= 11 is 0. The summed E-state index contributed by atoms with van der Waals surface area (Å²) in [5, 5.41) is 9.08. The molecule has 0 bridgehead atoms. The molecule has 0 radical (unpaired) electrons. The Labute approximate surface area is 89.9 Å². The van der Waals surface area contributed by atoms with Crippen molar-refractivity contribution in [3.63, 3.8) is 0 Å². The first-order valence-corrected chi connectivity index (χ1v) is 4.88. The Kier molecular flexibility index (Phi) is 3.93. The zero-order chi connectivity index (χ0) is 11.3. The van der Waals surface area contributed by atoms with Gasteiger partial charge in [-0.05, 0) is 18.9 Å². The van der Waals surface area contributed by atoms with Gasteiger partial charge in [-0.1, -0.05) is 29.8 Å². The Balaban J connectivity index is 2.89. The zero-order valence-corrected chi connectivity index (χ0v) is 8.73. The number of carbonyl (C=O) groups is 1. The van der Waals surface area contributed by atoms with Crippen molar-refractivity contribution in [3.8, 4) is 12.3 Å². The quantitative estimate of drug-likeness (QED) is 0.762. The summed E-state index contributed by atoms with van der Waals surface area (Å²) in [4.78, 5) is 11.0. The largest absolute Gasteiger partial charge is 0.481 e. The molecule has 0 spiro atoms. The minimum Gasteiger partial charge on any atom is -0.481 e. The second kappa shape index (κ2) is 5.21. The maximum absolute atomic E-state index is 11.0. The van der Waals surface area contributed by atoms with Crippen LogP contribution >= 0.6 is 0 Å². The van der Waals surface area contributed by atoms with E-state index in [1.165, 1.54) is 0 Å². The predicted molar refractivity (Wildman–Crippen MR) is 59.6 cm³/mol. The molecule has 1 atom stereocenters. The van der Waals surface area contributed by atoms with Gasteiger partial charge in [0.1, 0.15) is 0 Å². The highest BCUT2D eigenvalue weighted by molar-refractivity contribution is 5.76. The first kappa shape index (κ1) is 11.3. The first-order chi connectivity index (χ1) is 7.15. The third-order valence-electron chi connectivity index (χ3n) is 2.32. The monoisotopic (exact) mass is 202 g/mol. The zero-order valence-electron chi connectivity index (χ0n) is 8.73. The van der Waals surface area contributed by atoms with E-state index in [1.807, 2.05) is 31.2 Å². The van der Waals surface area contributed by atoms with Gasteiger partial charge >= 0.3 is 5.97 Å². The van der Waals surface area contributed by atoms with Crippen molar-refractivity contribution in [1.29, 1.82) is 0 Å². The highest BCUT2D eigenvalue weighted by Gasteiger charge is 2.18. The number of rotatable bonds is 4. The van der Waals surface area contributed by atoms with Crippen LogP contribution in [0.1, 0.15) is 29.9 Å². The van der Waals surface area contributed by atoms with Gasteiger partial charge in [-0.25, -0.2) is 0 Å². The van der Waals surface area contributed by atoms with Gasteiger partial charge in [0.05, 0.1) is 5.92 Å².